The lowest BCUT2D eigenvalue weighted by Gasteiger charge is -2.07. The molecule has 0 fully saturated rings. The van der Waals surface area contributed by atoms with Crippen LogP contribution in [0.25, 0.3) is 0 Å². The van der Waals surface area contributed by atoms with Crippen LogP contribution in [0.3, 0.4) is 0 Å². The van der Waals surface area contributed by atoms with Crippen LogP contribution in [0.15, 0.2) is 0 Å². The molecule has 0 saturated carbocycles. The van der Waals surface area contributed by atoms with Crippen molar-refractivity contribution in [3.05, 3.63) is 0 Å². The number of hydrogen-bond acceptors (Lipinski definition) is 5. The van der Waals surface area contributed by atoms with Crippen molar-refractivity contribution < 1.29 is 23.4 Å². The quantitative estimate of drug-likeness (QED) is 0.386. The summed E-state index contributed by atoms with van der Waals surface area (Å²) in [6.45, 7) is -0.380. The Hall–Kier alpha value is -0.700. The topological polar surface area (TPSA) is 130 Å². The number of sulfonamides is 1. The lowest BCUT2D eigenvalue weighted by atomic mass is 10.2. The molecule has 1 atom stereocenters. The number of hydrogen-bond donors (Lipinski definition) is 4. The van der Waals surface area contributed by atoms with Crippen molar-refractivity contribution in [1.29, 1.82) is 0 Å². The SMILES string of the molecule is NC(CCS(=O)(=O)NCCO)C(=O)O. The molecule has 7 nitrogen and oxygen atoms in total. The van der Waals surface area contributed by atoms with E-state index in [-0.39, 0.29) is 25.3 Å². The molecule has 0 bridgehead atoms. The second-order valence-corrected chi connectivity index (χ2v) is 4.60. The Morgan fingerprint density at radius 1 is 1.50 bits per heavy atom. The number of carbonyl (C=O) groups is 1. The van der Waals surface area contributed by atoms with E-state index in [0.29, 0.717) is 0 Å². The summed E-state index contributed by atoms with van der Waals surface area (Å²) in [4.78, 5) is 10.2. The highest BCUT2D eigenvalue weighted by molar-refractivity contribution is 7.89. The van der Waals surface area contributed by atoms with Gasteiger partial charge in [0.05, 0.1) is 12.4 Å². The van der Waals surface area contributed by atoms with Gasteiger partial charge in [-0.2, -0.15) is 0 Å². The van der Waals surface area contributed by atoms with Crippen molar-refractivity contribution in [2.45, 2.75) is 12.5 Å². The van der Waals surface area contributed by atoms with Crippen LogP contribution >= 0.6 is 0 Å². The molecule has 0 aromatic rings. The van der Waals surface area contributed by atoms with Crippen LogP contribution in [0.1, 0.15) is 6.42 Å². The molecule has 1 unspecified atom stereocenters. The zero-order valence-corrected chi connectivity index (χ0v) is 8.33. The highest BCUT2D eigenvalue weighted by atomic mass is 32.2. The summed E-state index contributed by atoms with van der Waals surface area (Å²) in [6, 6.07) is -1.18. The van der Waals surface area contributed by atoms with E-state index in [0.717, 1.165) is 0 Å². The molecule has 0 aromatic carbocycles. The van der Waals surface area contributed by atoms with Crippen molar-refractivity contribution in [1.82, 2.24) is 4.72 Å². The van der Waals surface area contributed by atoms with Crippen LogP contribution in [0.5, 0.6) is 0 Å². The Morgan fingerprint density at radius 3 is 2.50 bits per heavy atom. The maximum Gasteiger partial charge on any atom is 0.320 e. The molecule has 0 spiro atoms. The van der Waals surface area contributed by atoms with Crippen LogP contribution in [0.2, 0.25) is 0 Å². The minimum Gasteiger partial charge on any atom is -0.480 e. The molecular formula is C6H14N2O5S. The lowest BCUT2D eigenvalue weighted by Crippen LogP contribution is -2.35. The Labute approximate surface area is 82.0 Å². The molecule has 0 amide bonds. The number of aliphatic hydroxyl groups is 1. The van der Waals surface area contributed by atoms with Crippen LogP contribution in [-0.4, -0.2) is 49.5 Å². The van der Waals surface area contributed by atoms with Crippen molar-refractivity contribution >= 4 is 16.0 Å². The number of carboxylic acid groups (broad SMARTS) is 1. The van der Waals surface area contributed by atoms with E-state index in [4.69, 9.17) is 15.9 Å². The highest BCUT2D eigenvalue weighted by Crippen LogP contribution is 1.93. The molecule has 0 radical (unpaired) electrons. The van der Waals surface area contributed by atoms with Crippen LogP contribution < -0.4 is 10.5 Å². The number of nitrogens with one attached hydrogen (secondary N) is 1. The smallest absolute Gasteiger partial charge is 0.320 e. The van der Waals surface area contributed by atoms with Gasteiger partial charge in [0.2, 0.25) is 10.0 Å². The summed E-state index contributed by atoms with van der Waals surface area (Å²) in [6.07, 6.45) is -0.157. The summed E-state index contributed by atoms with van der Waals surface area (Å²) in [7, 11) is -3.53. The Kier molecular flexibility index (Phi) is 5.62. The molecule has 0 aliphatic heterocycles. The van der Waals surface area contributed by atoms with Crippen molar-refractivity contribution in [3.8, 4) is 0 Å². The monoisotopic (exact) mass is 226 g/mol. The Morgan fingerprint density at radius 2 is 2.07 bits per heavy atom. The van der Waals surface area contributed by atoms with Gasteiger partial charge in [0.15, 0.2) is 0 Å². The third kappa shape index (κ3) is 5.86. The Balaban J connectivity index is 3.93. The van der Waals surface area contributed by atoms with Crippen molar-refractivity contribution in [3.63, 3.8) is 0 Å². The fourth-order valence-corrected chi connectivity index (χ4v) is 1.79. The first-order valence-electron chi connectivity index (χ1n) is 3.95. The van der Waals surface area contributed by atoms with E-state index >= 15 is 0 Å². The summed E-state index contributed by atoms with van der Waals surface area (Å²) in [5, 5.41) is 16.7. The number of rotatable bonds is 7. The van der Waals surface area contributed by atoms with Gasteiger partial charge in [-0.05, 0) is 6.42 Å². The molecule has 0 saturated heterocycles. The molecule has 5 N–H and O–H groups in total. The molecule has 0 aromatic heterocycles. The maximum atomic E-state index is 11.0. The normalized spacial score (nSPS) is 13.9. The first-order chi connectivity index (χ1) is 6.39. The summed E-state index contributed by atoms with van der Waals surface area (Å²) in [5.74, 6) is -1.59. The molecule has 0 heterocycles. The fraction of sp³-hybridized carbons (Fsp3) is 0.833. The van der Waals surface area contributed by atoms with Crippen LogP contribution in [0, 0.1) is 0 Å². The van der Waals surface area contributed by atoms with Gasteiger partial charge in [0.1, 0.15) is 6.04 Å². The predicted octanol–water partition coefficient (Wildman–Crippen LogP) is -2.30. The number of aliphatic carboxylic acids is 1. The van der Waals surface area contributed by atoms with Crippen molar-refractivity contribution in [2.24, 2.45) is 5.73 Å². The third-order valence-electron chi connectivity index (χ3n) is 1.45. The second kappa shape index (κ2) is 5.91. The van der Waals surface area contributed by atoms with Gasteiger partial charge in [0, 0.05) is 6.54 Å². The van der Waals surface area contributed by atoms with Crippen LogP contribution in [-0.2, 0) is 14.8 Å². The van der Waals surface area contributed by atoms with E-state index in [1.54, 1.807) is 0 Å². The third-order valence-corrected chi connectivity index (χ3v) is 2.87. The summed E-state index contributed by atoms with van der Waals surface area (Å²) >= 11 is 0. The average molecular weight is 226 g/mol. The van der Waals surface area contributed by atoms with E-state index < -0.39 is 22.0 Å². The first kappa shape index (κ1) is 13.3. The van der Waals surface area contributed by atoms with Gasteiger partial charge in [-0.15, -0.1) is 0 Å². The van der Waals surface area contributed by atoms with E-state index in [9.17, 15) is 13.2 Å². The zero-order valence-electron chi connectivity index (χ0n) is 7.51. The fourth-order valence-electron chi connectivity index (χ4n) is 0.679. The van der Waals surface area contributed by atoms with E-state index in [1.807, 2.05) is 0 Å². The minimum atomic E-state index is -3.53. The Bertz CT molecular complexity index is 276. The summed E-state index contributed by atoms with van der Waals surface area (Å²) in [5.41, 5.74) is 5.11. The lowest BCUT2D eigenvalue weighted by molar-refractivity contribution is -0.138. The first-order valence-corrected chi connectivity index (χ1v) is 5.61. The van der Waals surface area contributed by atoms with E-state index in [2.05, 4.69) is 4.72 Å². The van der Waals surface area contributed by atoms with Gasteiger partial charge in [-0.25, -0.2) is 13.1 Å². The molecule has 14 heavy (non-hydrogen) atoms. The predicted molar refractivity (Wildman–Crippen MR) is 49.1 cm³/mol. The number of carboxylic acids is 1. The van der Waals surface area contributed by atoms with E-state index in [1.165, 1.54) is 0 Å². The molecular weight excluding hydrogens is 212 g/mol. The molecule has 84 valence electrons. The van der Waals surface area contributed by atoms with Crippen LogP contribution in [0.4, 0.5) is 0 Å². The largest absolute Gasteiger partial charge is 0.480 e. The van der Waals surface area contributed by atoms with Gasteiger partial charge < -0.3 is 15.9 Å². The second-order valence-electron chi connectivity index (χ2n) is 2.67. The average Bonchev–Trinajstić information content (AvgIpc) is 2.11. The van der Waals surface area contributed by atoms with Crippen molar-refractivity contribution in [2.75, 3.05) is 18.9 Å². The maximum absolute atomic E-state index is 11.0. The van der Waals surface area contributed by atoms with Gasteiger partial charge in [-0.3, -0.25) is 4.79 Å². The standard InChI is InChI=1S/C6H14N2O5S/c7-5(6(10)11)1-4-14(12,13)8-2-3-9/h5,8-9H,1-4,7H2,(H,10,11). The molecule has 0 aliphatic rings. The van der Waals surface area contributed by atoms with Gasteiger partial charge in [0.25, 0.3) is 0 Å². The molecule has 8 heteroatoms. The summed E-state index contributed by atoms with van der Waals surface area (Å²) < 4.78 is 24.2. The molecule has 0 rings (SSSR count). The zero-order chi connectivity index (χ0) is 11.2. The number of aliphatic hydroxyl groups excluding tert-OH is 1. The van der Waals surface area contributed by atoms with Gasteiger partial charge in [-0.1, -0.05) is 0 Å². The minimum absolute atomic E-state index is 0.0787. The molecule has 0 aliphatic carbocycles. The number of nitrogens with two attached hydrogens (primary N) is 1. The van der Waals surface area contributed by atoms with Gasteiger partial charge >= 0.3 is 5.97 Å². The highest BCUT2D eigenvalue weighted by Gasteiger charge is 2.16.